The molecule has 100 valence electrons. The zero-order chi connectivity index (χ0) is 14.0. The average Bonchev–Trinajstić information content (AvgIpc) is 2.71. The molecule has 0 amide bonds. The highest BCUT2D eigenvalue weighted by molar-refractivity contribution is 5.68. The molecule has 0 fully saturated rings. The molecule has 2 aromatic rings. The number of aromatic nitrogens is 1. The van der Waals surface area contributed by atoms with Crippen LogP contribution in [0.25, 0.3) is 11.3 Å². The third kappa shape index (κ3) is 2.42. The molecule has 0 radical (unpaired) electrons. The van der Waals surface area contributed by atoms with E-state index in [0.717, 1.165) is 24.0 Å². The molecule has 6 nitrogen and oxygen atoms in total. The summed E-state index contributed by atoms with van der Waals surface area (Å²) < 4.78 is 5.24. The van der Waals surface area contributed by atoms with Crippen molar-refractivity contribution in [3.05, 3.63) is 39.4 Å². The Morgan fingerprint density at radius 3 is 2.79 bits per heavy atom. The van der Waals surface area contributed by atoms with Gasteiger partial charge in [-0.3, -0.25) is 10.1 Å². The van der Waals surface area contributed by atoms with Crippen molar-refractivity contribution >= 4 is 11.5 Å². The lowest BCUT2D eigenvalue weighted by Gasteiger charge is -2.03. The molecule has 1 aromatic heterocycles. The molecule has 1 aromatic carbocycles. The standard InChI is InChI=1S/C13H15N3O3/c1-3-4-10-12(19-15-13(10)14)9-5-6-11(16(17)18)8(2)7-9/h5-7H,3-4H2,1-2H3,(H2,14,15). The van der Waals surface area contributed by atoms with E-state index in [2.05, 4.69) is 5.16 Å². The van der Waals surface area contributed by atoms with E-state index in [0.29, 0.717) is 17.1 Å². The van der Waals surface area contributed by atoms with Gasteiger partial charge in [0.05, 0.1) is 4.92 Å². The van der Waals surface area contributed by atoms with E-state index in [1.54, 1.807) is 19.1 Å². The van der Waals surface area contributed by atoms with Gasteiger partial charge in [0.25, 0.3) is 5.69 Å². The molecular weight excluding hydrogens is 246 g/mol. The third-order valence-electron chi connectivity index (χ3n) is 2.97. The number of benzene rings is 1. The Kier molecular flexibility index (Phi) is 3.50. The van der Waals surface area contributed by atoms with Crippen LogP contribution in [0, 0.1) is 17.0 Å². The van der Waals surface area contributed by atoms with E-state index in [4.69, 9.17) is 10.3 Å². The molecule has 2 N–H and O–H groups in total. The Balaban J connectivity index is 2.48. The first-order valence-electron chi connectivity index (χ1n) is 6.04. The van der Waals surface area contributed by atoms with E-state index in [-0.39, 0.29) is 5.69 Å². The third-order valence-corrected chi connectivity index (χ3v) is 2.97. The van der Waals surface area contributed by atoms with Gasteiger partial charge in [-0.25, -0.2) is 0 Å². The lowest BCUT2D eigenvalue weighted by Crippen LogP contribution is -1.94. The molecule has 0 saturated heterocycles. The lowest BCUT2D eigenvalue weighted by atomic mass is 10.0. The van der Waals surface area contributed by atoms with Crippen molar-refractivity contribution in [3.63, 3.8) is 0 Å². The smallest absolute Gasteiger partial charge is 0.272 e. The van der Waals surface area contributed by atoms with Crippen LogP contribution in [-0.4, -0.2) is 10.1 Å². The summed E-state index contributed by atoms with van der Waals surface area (Å²) in [7, 11) is 0. The summed E-state index contributed by atoms with van der Waals surface area (Å²) in [6.45, 7) is 3.73. The maximum absolute atomic E-state index is 10.8. The highest BCUT2D eigenvalue weighted by Crippen LogP contribution is 2.31. The number of aryl methyl sites for hydroxylation is 1. The molecule has 0 atom stereocenters. The van der Waals surface area contributed by atoms with Gasteiger partial charge in [-0.2, -0.15) is 0 Å². The van der Waals surface area contributed by atoms with Crippen LogP contribution in [0.3, 0.4) is 0 Å². The first kappa shape index (κ1) is 13.1. The Morgan fingerprint density at radius 2 is 2.21 bits per heavy atom. The molecule has 19 heavy (non-hydrogen) atoms. The molecule has 0 unspecified atom stereocenters. The largest absolute Gasteiger partial charge is 0.381 e. The SMILES string of the molecule is CCCc1c(N)noc1-c1ccc([N+](=O)[O-])c(C)c1. The predicted molar refractivity (Wildman–Crippen MR) is 71.7 cm³/mol. The van der Waals surface area contributed by atoms with Crippen LogP contribution in [0.2, 0.25) is 0 Å². The second-order valence-electron chi connectivity index (χ2n) is 4.38. The van der Waals surface area contributed by atoms with Crippen LogP contribution in [-0.2, 0) is 6.42 Å². The number of nitrogen functional groups attached to an aromatic ring is 1. The van der Waals surface area contributed by atoms with Crippen molar-refractivity contribution in [2.75, 3.05) is 5.73 Å². The van der Waals surface area contributed by atoms with Gasteiger partial charge in [0, 0.05) is 22.8 Å². The zero-order valence-electron chi connectivity index (χ0n) is 10.8. The maximum Gasteiger partial charge on any atom is 0.272 e. The topological polar surface area (TPSA) is 95.2 Å². The van der Waals surface area contributed by atoms with Gasteiger partial charge in [-0.15, -0.1) is 0 Å². The normalized spacial score (nSPS) is 10.6. The molecule has 6 heteroatoms. The number of nitro benzene ring substituents is 1. The molecule has 2 rings (SSSR count). The quantitative estimate of drug-likeness (QED) is 0.674. The van der Waals surface area contributed by atoms with Gasteiger partial charge in [0.1, 0.15) is 0 Å². The number of hydrogen-bond acceptors (Lipinski definition) is 5. The van der Waals surface area contributed by atoms with Gasteiger partial charge in [0.15, 0.2) is 11.6 Å². The Hall–Kier alpha value is -2.37. The highest BCUT2D eigenvalue weighted by atomic mass is 16.6. The molecule has 0 aliphatic heterocycles. The van der Waals surface area contributed by atoms with Gasteiger partial charge in [0.2, 0.25) is 0 Å². The number of hydrogen-bond donors (Lipinski definition) is 1. The minimum absolute atomic E-state index is 0.0910. The van der Waals surface area contributed by atoms with Crippen molar-refractivity contribution in [2.24, 2.45) is 0 Å². The molecular formula is C13H15N3O3. The first-order chi connectivity index (χ1) is 9.04. The van der Waals surface area contributed by atoms with Crippen molar-refractivity contribution in [1.29, 1.82) is 0 Å². The van der Waals surface area contributed by atoms with Gasteiger partial charge >= 0.3 is 0 Å². The zero-order valence-corrected chi connectivity index (χ0v) is 10.8. The number of anilines is 1. The maximum atomic E-state index is 10.8. The number of rotatable bonds is 4. The minimum atomic E-state index is -0.402. The number of nitro groups is 1. The summed E-state index contributed by atoms with van der Waals surface area (Å²) in [5, 5.41) is 14.6. The fourth-order valence-corrected chi connectivity index (χ4v) is 2.04. The van der Waals surface area contributed by atoms with Crippen molar-refractivity contribution in [2.45, 2.75) is 26.7 Å². The Morgan fingerprint density at radius 1 is 1.47 bits per heavy atom. The molecule has 0 bridgehead atoms. The first-order valence-corrected chi connectivity index (χ1v) is 6.04. The van der Waals surface area contributed by atoms with Crippen LogP contribution >= 0.6 is 0 Å². The summed E-state index contributed by atoms with van der Waals surface area (Å²) in [6, 6.07) is 4.85. The molecule has 0 aliphatic carbocycles. The average molecular weight is 261 g/mol. The minimum Gasteiger partial charge on any atom is -0.381 e. The van der Waals surface area contributed by atoms with Crippen molar-refractivity contribution in [1.82, 2.24) is 5.16 Å². The van der Waals surface area contributed by atoms with Gasteiger partial charge in [-0.1, -0.05) is 18.5 Å². The predicted octanol–water partition coefficient (Wildman–Crippen LogP) is 3.09. The van der Waals surface area contributed by atoms with E-state index in [1.807, 2.05) is 6.92 Å². The number of nitrogens with two attached hydrogens (primary N) is 1. The highest BCUT2D eigenvalue weighted by Gasteiger charge is 2.17. The summed E-state index contributed by atoms with van der Waals surface area (Å²) >= 11 is 0. The summed E-state index contributed by atoms with van der Waals surface area (Å²) in [4.78, 5) is 10.4. The fraction of sp³-hybridized carbons (Fsp3) is 0.308. The summed E-state index contributed by atoms with van der Waals surface area (Å²) in [5.41, 5.74) is 8.06. The van der Waals surface area contributed by atoms with Crippen molar-refractivity contribution < 1.29 is 9.45 Å². The summed E-state index contributed by atoms with van der Waals surface area (Å²) in [5.74, 6) is 0.977. The Labute approximate surface area is 110 Å². The van der Waals surface area contributed by atoms with E-state index in [9.17, 15) is 10.1 Å². The van der Waals surface area contributed by atoms with Gasteiger partial charge in [-0.05, 0) is 25.5 Å². The fourth-order valence-electron chi connectivity index (χ4n) is 2.04. The van der Waals surface area contributed by atoms with Crippen LogP contribution in [0.5, 0.6) is 0 Å². The molecule has 0 saturated carbocycles. The monoisotopic (exact) mass is 261 g/mol. The van der Waals surface area contributed by atoms with Crippen LogP contribution in [0.15, 0.2) is 22.7 Å². The summed E-state index contributed by atoms with van der Waals surface area (Å²) in [6.07, 6.45) is 1.69. The van der Waals surface area contributed by atoms with Crippen molar-refractivity contribution in [3.8, 4) is 11.3 Å². The Bertz CT molecular complexity index is 620. The second-order valence-corrected chi connectivity index (χ2v) is 4.38. The molecule has 0 spiro atoms. The van der Waals surface area contributed by atoms with E-state index < -0.39 is 4.92 Å². The van der Waals surface area contributed by atoms with Crippen LogP contribution in [0.1, 0.15) is 24.5 Å². The lowest BCUT2D eigenvalue weighted by molar-refractivity contribution is -0.385. The van der Waals surface area contributed by atoms with E-state index in [1.165, 1.54) is 6.07 Å². The van der Waals surface area contributed by atoms with Crippen LogP contribution in [0.4, 0.5) is 11.5 Å². The molecule has 0 aliphatic rings. The second kappa shape index (κ2) is 5.09. The number of nitrogens with zero attached hydrogens (tertiary/aromatic N) is 2. The molecule has 1 heterocycles. The van der Waals surface area contributed by atoms with Gasteiger partial charge < -0.3 is 10.3 Å². The van der Waals surface area contributed by atoms with E-state index >= 15 is 0 Å². The van der Waals surface area contributed by atoms with Crippen LogP contribution < -0.4 is 5.73 Å².